The second-order valence-electron chi connectivity index (χ2n) is 4.34. The van der Waals surface area contributed by atoms with Crippen LogP contribution in [0.25, 0.3) is 0 Å². The monoisotopic (exact) mass is 276 g/mol. The van der Waals surface area contributed by atoms with Crippen molar-refractivity contribution in [2.24, 2.45) is 11.7 Å². The summed E-state index contributed by atoms with van der Waals surface area (Å²) in [5.74, 6) is -1.62. The van der Waals surface area contributed by atoms with Gasteiger partial charge >= 0.3 is 0 Å². The largest absolute Gasteiger partial charge is 0.326 e. The topological polar surface area (TPSA) is 72.2 Å². The summed E-state index contributed by atoms with van der Waals surface area (Å²) in [7, 11) is -3.94. The Bertz CT molecular complexity index is 556. The zero-order valence-electron chi connectivity index (χ0n) is 9.62. The molecule has 0 bridgehead atoms. The highest BCUT2D eigenvalue weighted by Crippen LogP contribution is 2.28. The Labute approximate surface area is 104 Å². The van der Waals surface area contributed by atoms with Crippen LogP contribution in [-0.2, 0) is 16.6 Å². The fourth-order valence-corrected chi connectivity index (χ4v) is 2.82. The molecular weight excluding hydrogens is 262 g/mol. The fourth-order valence-electron chi connectivity index (χ4n) is 1.60. The molecule has 0 aliphatic heterocycles. The first-order valence-electron chi connectivity index (χ1n) is 5.62. The van der Waals surface area contributed by atoms with Gasteiger partial charge in [-0.15, -0.1) is 0 Å². The molecule has 1 aromatic carbocycles. The van der Waals surface area contributed by atoms with Gasteiger partial charge in [0.15, 0.2) is 5.82 Å². The molecule has 1 aromatic rings. The first kappa shape index (κ1) is 13.4. The highest BCUT2D eigenvalue weighted by Gasteiger charge is 2.27. The van der Waals surface area contributed by atoms with E-state index < -0.39 is 32.1 Å². The van der Waals surface area contributed by atoms with Gasteiger partial charge in [0.05, 0.1) is 0 Å². The Morgan fingerprint density at radius 1 is 1.33 bits per heavy atom. The Kier molecular flexibility index (Phi) is 3.65. The average molecular weight is 276 g/mol. The Hall–Kier alpha value is -1.05. The normalized spacial score (nSPS) is 15.9. The average Bonchev–Trinajstić information content (AvgIpc) is 3.10. The van der Waals surface area contributed by atoms with Crippen molar-refractivity contribution in [1.82, 2.24) is 4.72 Å². The van der Waals surface area contributed by atoms with Gasteiger partial charge < -0.3 is 5.73 Å². The smallest absolute Gasteiger partial charge is 0.243 e. The van der Waals surface area contributed by atoms with Crippen molar-refractivity contribution in [3.05, 3.63) is 29.3 Å². The summed E-state index contributed by atoms with van der Waals surface area (Å²) in [6.07, 6.45) is 1.95. The van der Waals surface area contributed by atoms with Crippen LogP contribution in [0.3, 0.4) is 0 Å². The predicted octanol–water partition coefficient (Wildman–Crippen LogP) is 1.11. The molecule has 7 heteroatoms. The van der Waals surface area contributed by atoms with Crippen LogP contribution < -0.4 is 10.5 Å². The number of hydrogen-bond donors (Lipinski definition) is 2. The van der Waals surface area contributed by atoms with Crippen LogP contribution in [0.4, 0.5) is 8.78 Å². The van der Waals surface area contributed by atoms with Gasteiger partial charge in [-0.05, 0) is 30.9 Å². The second-order valence-corrected chi connectivity index (χ2v) is 6.07. The number of benzene rings is 1. The van der Waals surface area contributed by atoms with E-state index in [1.165, 1.54) is 0 Å². The minimum atomic E-state index is -3.94. The van der Waals surface area contributed by atoms with Crippen molar-refractivity contribution in [3.63, 3.8) is 0 Å². The van der Waals surface area contributed by atoms with Crippen molar-refractivity contribution < 1.29 is 17.2 Å². The second kappa shape index (κ2) is 4.91. The van der Waals surface area contributed by atoms with Gasteiger partial charge in [0.25, 0.3) is 0 Å². The zero-order chi connectivity index (χ0) is 13.3. The summed E-state index contributed by atoms with van der Waals surface area (Å²) in [6.45, 7) is -0.0965. The van der Waals surface area contributed by atoms with Crippen molar-refractivity contribution >= 4 is 10.0 Å². The van der Waals surface area contributed by atoms with Gasteiger partial charge in [-0.1, -0.05) is 0 Å². The van der Waals surface area contributed by atoms with Crippen LogP contribution in [0.2, 0.25) is 0 Å². The number of nitrogens with two attached hydrogens (primary N) is 1. The first-order valence-corrected chi connectivity index (χ1v) is 7.10. The van der Waals surface area contributed by atoms with Crippen LogP contribution in [0.5, 0.6) is 0 Å². The third-order valence-corrected chi connectivity index (χ3v) is 4.34. The molecule has 100 valence electrons. The summed E-state index contributed by atoms with van der Waals surface area (Å²) < 4.78 is 53.1. The summed E-state index contributed by atoms with van der Waals surface area (Å²) in [4.78, 5) is -0.551. The molecule has 1 saturated carbocycles. The molecule has 4 nitrogen and oxygen atoms in total. The lowest BCUT2D eigenvalue weighted by Gasteiger charge is -2.10. The highest BCUT2D eigenvalue weighted by molar-refractivity contribution is 7.89. The molecular formula is C11H14F2N2O2S. The molecule has 0 radical (unpaired) electrons. The Morgan fingerprint density at radius 2 is 2.00 bits per heavy atom. The van der Waals surface area contributed by atoms with Crippen molar-refractivity contribution in [3.8, 4) is 0 Å². The maximum Gasteiger partial charge on any atom is 0.243 e. The van der Waals surface area contributed by atoms with Crippen LogP contribution in [-0.4, -0.2) is 15.0 Å². The van der Waals surface area contributed by atoms with Gasteiger partial charge in [-0.3, -0.25) is 0 Å². The third kappa shape index (κ3) is 2.68. The van der Waals surface area contributed by atoms with Gasteiger partial charge in [0.2, 0.25) is 10.0 Å². The van der Waals surface area contributed by atoms with Gasteiger partial charge in [0.1, 0.15) is 10.7 Å². The molecule has 0 heterocycles. The first-order chi connectivity index (χ1) is 8.45. The lowest BCUT2D eigenvalue weighted by atomic mass is 10.2. The lowest BCUT2D eigenvalue weighted by molar-refractivity contribution is 0.524. The molecule has 2 rings (SSSR count). The van der Waals surface area contributed by atoms with Gasteiger partial charge in [-0.2, -0.15) is 0 Å². The SMILES string of the molecule is NCc1c(F)ccc(S(=O)(=O)NCC2CC2)c1F. The summed E-state index contributed by atoms with van der Waals surface area (Å²) in [6, 6.07) is 1.83. The molecule has 0 aromatic heterocycles. The fraction of sp³-hybridized carbons (Fsp3) is 0.455. The van der Waals surface area contributed by atoms with Crippen LogP contribution in [0, 0.1) is 17.6 Å². The van der Waals surface area contributed by atoms with E-state index in [9.17, 15) is 17.2 Å². The molecule has 0 amide bonds. The highest BCUT2D eigenvalue weighted by atomic mass is 32.2. The molecule has 0 spiro atoms. The standard InChI is InChI=1S/C11H14F2N2O2S/c12-9-3-4-10(11(13)8(9)5-14)18(16,17)15-6-7-1-2-7/h3-4,7,15H,1-2,5-6,14H2. The molecule has 1 fully saturated rings. The van der Waals surface area contributed by atoms with E-state index in [0.717, 1.165) is 25.0 Å². The van der Waals surface area contributed by atoms with Crippen LogP contribution in [0.15, 0.2) is 17.0 Å². The van der Waals surface area contributed by atoms with E-state index in [1.807, 2.05) is 0 Å². The van der Waals surface area contributed by atoms with E-state index >= 15 is 0 Å². The predicted molar refractivity (Wildman–Crippen MR) is 62.2 cm³/mol. The maximum atomic E-state index is 13.8. The number of halogens is 2. The van der Waals surface area contributed by atoms with E-state index in [2.05, 4.69) is 4.72 Å². The van der Waals surface area contributed by atoms with E-state index in [-0.39, 0.29) is 13.1 Å². The van der Waals surface area contributed by atoms with Crippen LogP contribution in [0.1, 0.15) is 18.4 Å². The molecule has 3 N–H and O–H groups in total. The van der Waals surface area contributed by atoms with Crippen LogP contribution >= 0.6 is 0 Å². The molecule has 0 unspecified atom stereocenters. The molecule has 18 heavy (non-hydrogen) atoms. The Balaban J connectivity index is 2.31. The summed E-state index contributed by atoms with van der Waals surface area (Å²) in [5, 5.41) is 0. The summed E-state index contributed by atoms with van der Waals surface area (Å²) >= 11 is 0. The third-order valence-electron chi connectivity index (χ3n) is 2.90. The molecule has 0 atom stereocenters. The van der Waals surface area contributed by atoms with E-state index in [0.29, 0.717) is 5.92 Å². The minimum Gasteiger partial charge on any atom is -0.326 e. The van der Waals surface area contributed by atoms with E-state index in [4.69, 9.17) is 5.73 Å². The summed E-state index contributed by atoms with van der Waals surface area (Å²) in [5.41, 5.74) is 4.79. The number of rotatable bonds is 5. The zero-order valence-corrected chi connectivity index (χ0v) is 10.4. The quantitative estimate of drug-likeness (QED) is 0.846. The Morgan fingerprint density at radius 3 is 2.56 bits per heavy atom. The molecule has 1 aliphatic carbocycles. The van der Waals surface area contributed by atoms with Gasteiger partial charge in [-0.25, -0.2) is 21.9 Å². The van der Waals surface area contributed by atoms with Crippen molar-refractivity contribution in [1.29, 1.82) is 0 Å². The maximum absolute atomic E-state index is 13.8. The van der Waals surface area contributed by atoms with E-state index in [1.54, 1.807) is 0 Å². The molecule has 0 saturated heterocycles. The number of nitrogens with one attached hydrogen (secondary N) is 1. The van der Waals surface area contributed by atoms with Gasteiger partial charge in [0, 0.05) is 18.7 Å². The van der Waals surface area contributed by atoms with Crippen molar-refractivity contribution in [2.75, 3.05) is 6.54 Å². The number of sulfonamides is 1. The number of hydrogen-bond acceptors (Lipinski definition) is 3. The molecule has 1 aliphatic rings. The van der Waals surface area contributed by atoms with Crippen molar-refractivity contribution in [2.45, 2.75) is 24.3 Å². The minimum absolute atomic E-state index is 0.289. The lowest BCUT2D eigenvalue weighted by Crippen LogP contribution is -2.27.